The first-order valence-electron chi connectivity index (χ1n) is 16.8. The Hall–Kier alpha value is -4.35. The molecule has 6 rings (SSSR count). The minimum atomic E-state index is 0.213. The molecule has 1 fully saturated rings. The number of hydrogen-bond acceptors (Lipinski definition) is 4. The fourth-order valence-corrected chi connectivity index (χ4v) is 5.69. The molecule has 2 aromatic rings. The fraction of sp³-hybridized carbons (Fsp3) is 0.341. The summed E-state index contributed by atoms with van der Waals surface area (Å²) in [5.74, 6) is 0.687. The van der Waals surface area contributed by atoms with Gasteiger partial charge in [-0.1, -0.05) is 132 Å². The smallest absolute Gasteiger partial charge is 0.154 e. The Kier molecular flexibility index (Phi) is 17.6. The molecule has 2 heterocycles. The molecule has 0 saturated carbocycles. The highest BCUT2D eigenvalue weighted by atomic mass is 15.4. The number of rotatable bonds is 5. The molecule has 0 spiro atoms. The third-order valence-corrected chi connectivity index (χ3v) is 7.53. The number of nitrogens with one attached hydrogen (secondary N) is 1. The normalized spacial score (nSPS) is 19.9. The molecule has 244 valence electrons. The van der Waals surface area contributed by atoms with Crippen LogP contribution in [0, 0.1) is 0 Å². The molecule has 2 aliphatic heterocycles. The molecule has 0 bridgehead atoms. The van der Waals surface area contributed by atoms with E-state index in [1.54, 1.807) is 6.20 Å². The van der Waals surface area contributed by atoms with Gasteiger partial charge in [-0.3, -0.25) is 15.3 Å². The standard InChI is InChI=1S/C28H26N4.C5H10.C4H7N.2C2H6/c1-29-27(20-9-3-2-4-10-20)30-18-19-15-16-22-23(17-19)21-11-5-7-13-25(21)32-26-14-8-6-12-24(26)31-28(22)32;1-3-5-4-2;1-3-4-5-2;2*1-2/h2-6,8-12,14-17,24,26,28,31H,1,7,13,18H2;3,5H,4H2,1-2H3;3-4H,2H2,1H3;2*1-2H3/b;5-3+;4-3-;;. The fourth-order valence-electron chi connectivity index (χ4n) is 5.69. The highest BCUT2D eigenvalue weighted by Gasteiger charge is 2.44. The first-order valence-corrected chi connectivity index (χ1v) is 16.8. The quantitative estimate of drug-likeness (QED) is 0.206. The van der Waals surface area contributed by atoms with Gasteiger partial charge in [-0.25, -0.2) is 4.99 Å². The summed E-state index contributed by atoms with van der Waals surface area (Å²) in [7, 11) is 0. The number of hydrogen-bond donors (Lipinski definition) is 1. The Morgan fingerprint density at radius 1 is 0.978 bits per heavy atom. The van der Waals surface area contributed by atoms with E-state index in [1.165, 1.54) is 28.0 Å². The Balaban J connectivity index is 0.000000452. The molecule has 5 nitrogen and oxygen atoms in total. The zero-order valence-electron chi connectivity index (χ0n) is 29.2. The van der Waals surface area contributed by atoms with Crippen LogP contribution in [0.4, 0.5) is 0 Å². The lowest BCUT2D eigenvalue weighted by Gasteiger charge is -2.40. The first kappa shape index (κ1) is 37.8. The van der Waals surface area contributed by atoms with E-state index in [-0.39, 0.29) is 6.17 Å². The second-order valence-electron chi connectivity index (χ2n) is 10.3. The van der Waals surface area contributed by atoms with Crippen molar-refractivity contribution >= 4 is 24.8 Å². The molecule has 0 aromatic heterocycles. The molecule has 4 aliphatic rings. The summed E-state index contributed by atoms with van der Waals surface area (Å²) in [6.07, 6.45) is 24.8. The van der Waals surface area contributed by atoms with Gasteiger partial charge in [-0.2, -0.15) is 0 Å². The average molecular weight is 618 g/mol. The molecule has 0 radical (unpaired) electrons. The molecule has 0 amide bonds. The third kappa shape index (κ3) is 9.82. The van der Waals surface area contributed by atoms with E-state index in [4.69, 9.17) is 4.99 Å². The summed E-state index contributed by atoms with van der Waals surface area (Å²) in [4.78, 5) is 15.0. The molecule has 1 saturated heterocycles. The minimum Gasteiger partial charge on any atom is -0.346 e. The van der Waals surface area contributed by atoms with Gasteiger partial charge >= 0.3 is 0 Å². The van der Waals surface area contributed by atoms with Crippen molar-refractivity contribution in [1.29, 1.82) is 0 Å². The summed E-state index contributed by atoms with van der Waals surface area (Å²) < 4.78 is 0. The molecule has 46 heavy (non-hydrogen) atoms. The highest BCUT2D eigenvalue weighted by molar-refractivity contribution is 6.01. The summed E-state index contributed by atoms with van der Waals surface area (Å²) in [5, 5.41) is 3.86. The van der Waals surface area contributed by atoms with Crippen molar-refractivity contribution < 1.29 is 0 Å². The Labute approximate surface area is 279 Å². The molecule has 2 aromatic carbocycles. The number of benzene rings is 2. The van der Waals surface area contributed by atoms with Crippen molar-refractivity contribution in [3.63, 3.8) is 0 Å². The van der Waals surface area contributed by atoms with Crippen LogP contribution in [0.3, 0.4) is 0 Å². The van der Waals surface area contributed by atoms with Crippen molar-refractivity contribution in [2.75, 3.05) is 0 Å². The van der Waals surface area contributed by atoms with E-state index in [1.807, 2.05) is 78.0 Å². The summed E-state index contributed by atoms with van der Waals surface area (Å²) >= 11 is 0. The number of fused-ring (bicyclic) bond motifs is 7. The number of aliphatic imine (C=N–C) groups is 3. The van der Waals surface area contributed by atoms with Crippen molar-refractivity contribution in [1.82, 2.24) is 10.2 Å². The van der Waals surface area contributed by atoms with E-state index < -0.39 is 0 Å². The van der Waals surface area contributed by atoms with E-state index in [2.05, 4.69) is 107 Å². The number of allylic oxidation sites excluding steroid dienone is 9. The zero-order chi connectivity index (χ0) is 33.7. The monoisotopic (exact) mass is 617 g/mol. The van der Waals surface area contributed by atoms with Crippen molar-refractivity contribution in [3.8, 4) is 0 Å². The van der Waals surface area contributed by atoms with Crippen molar-refractivity contribution in [3.05, 3.63) is 137 Å². The van der Waals surface area contributed by atoms with Gasteiger partial charge < -0.3 is 4.90 Å². The van der Waals surface area contributed by atoms with Gasteiger partial charge in [0.15, 0.2) is 5.84 Å². The predicted molar refractivity (Wildman–Crippen MR) is 204 cm³/mol. The predicted octanol–water partition coefficient (Wildman–Crippen LogP) is 10.4. The molecule has 1 N–H and O–H groups in total. The summed E-state index contributed by atoms with van der Waals surface area (Å²) in [5.41, 5.74) is 7.69. The van der Waals surface area contributed by atoms with Crippen LogP contribution in [0.2, 0.25) is 0 Å². The minimum absolute atomic E-state index is 0.213. The molecular weight excluding hydrogens is 562 g/mol. The molecule has 3 unspecified atom stereocenters. The molecule has 5 heteroatoms. The Morgan fingerprint density at radius 3 is 2.33 bits per heavy atom. The number of amidine groups is 1. The van der Waals surface area contributed by atoms with Crippen LogP contribution >= 0.6 is 0 Å². The van der Waals surface area contributed by atoms with Gasteiger partial charge in [0.1, 0.15) is 6.17 Å². The van der Waals surface area contributed by atoms with Gasteiger partial charge in [0.25, 0.3) is 0 Å². The van der Waals surface area contributed by atoms with Crippen molar-refractivity contribution in [2.24, 2.45) is 15.0 Å². The van der Waals surface area contributed by atoms with E-state index in [0.717, 1.165) is 24.8 Å². The second kappa shape index (κ2) is 21.4. The zero-order valence-corrected chi connectivity index (χ0v) is 29.2. The maximum atomic E-state index is 4.77. The maximum absolute atomic E-state index is 4.77. The van der Waals surface area contributed by atoms with E-state index in [0.29, 0.717) is 24.5 Å². The van der Waals surface area contributed by atoms with Gasteiger partial charge in [0.05, 0.1) is 18.6 Å². The van der Waals surface area contributed by atoms with Gasteiger partial charge in [-0.05, 0) is 69.3 Å². The van der Waals surface area contributed by atoms with Crippen LogP contribution in [0.1, 0.15) is 96.1 Å². The molecular formula is C41H55N5. The van der Waals surface area contributed by atoms with Gasteiger partial charge in [0, 0.05) is 23.0 Å². The van der Waals surface area contributed by atoms with Gasteiger partial charge in [-0.15, -0.1) is 0 Å². The molecule has 3 atom stereocenters. The summed E-state index contributed by atoms with van der Waals surface area (Å²) in [6.45, 7) is 21.6. The van der Waals surface area contributed by atoms with Crippen LogP contribution in [0.15, 0.2) is 130 Å². The topological polar surface area (TPSA) is 52.4 Å². The average Bonchev–Trinajstić information content (AvgIpc) is 3.52. The van der Waals surface area contributed by atoms with Crippen LogP contribution in [-0.2, 0) is 6.54 Å². The lowest BCUT2D eigenvalue weighted by molar-refractivity contribution is 0.260. The van der Waals surface area contributed by atoms with E-state index in [9.17, 15) is 0 Å². The van der Waals surface area contributed by atoms with Crippen LogP contribution < -0.4 is 5.32 Å². The Bertz CT molecular complexity index is 1440. The third-order valence-electron chi connectivity index (χ3n) is 7.53. The molecule has 2 aliphatic carbocycles. The lowest BCUT2D eigenvalue weighted by Crippen LogP contribution is -2.37. The second-order valence-corrected chi connectivity index (χ2v) is 10.3. The maximum Gasteiger partial charge on any atom is 0.154 e. The number of nitrogens with zero attached hydrogens (tertiary/aromatic N) is 4. The van der Waals surface area contributed by atoms with Crippen LogP contribution in [-0.4, -0.2) is 36.3 Å². The summed E-state index contributed by atoms with van der Waals surface area (Å²) in [6, 6.07) is 17.6. The van der Waals surface area contributed by atoms with Crippen molar-refractivity contribution in [2.45, 2.75) is 92.5 Å². The first-order chi connectivity index (χ1) is 22.7. The SMILES string of the molecule is C/C=C/CC.C=N/C=C\C.C=NC(=NCc1ccc2c(c1)C1=C(CCC=C1)N1C2NC2C=CC=CC21)c1ccccc1.CC.CC. The highest BCUT2D eigenvalue weighted by Crippen LogP contribution is 2.47. The van der Waals surface area contributed by atoms with Gasteiger partial charge in [0.2, 0.25) is 0 Å². The largest absolute Gasteiger partial charge is 0.346 e. The van der Waals surface area contributed by atoms with Crippen LogP contribution in [0.5, 0.6) is 0 Å². The van der Waals surface area contributed by atoms with E-state index >= 15 is 0 Å². The lowest BCUT2D eigenvalue weighted by atomic mass is 9.86. The Morgan fingerprint density at radius 2 is 1.72 bits per heavy atom. The van der Waals surface area contributed by atoms with Crippen LogP contribution in [0.25, 0.3) is 5.57 Å².